The number of alkyl halides is 8. The van der Waals surface area contributed by atoms with Crippen molar-refractivity contribution in [1.29, 1.82) is 0 Å². The number of halogens is 8. The van der Waals surface area contributed by atoms with Gasteiger partial charge in [0.1, 0.15) is 0 Å². The third-order valence-electron chi connectivity index (χ3n) is 5.03. The van der Waals surface area contributed by atoms with E-state index in [4.69, 9.17) is 4.74 Å². The molecule has 13 heteroatoms. The van der Waals surface area contributed by atoms with Crippen molar-refractivity contribution in [3.63, 3.8) is 0 Å². The Morgan fingerprint density at radius 2 is 1.62 bits per heavy atom. The molecule has 3 rings (SSSR count). The van der Waals surface area contributed by atoms with Crippen molar-refractivity contribution in [1.82, 2.24) is 7.06 Å². The summed E-state index contributed by atoms with van der Waals surface area (Å²) in [5.74, 6) is -2.41. The van der Waals surface area contributed by atoms with E-state index in [9.17, 15) is 36.2 Å². The van der Waals surface area contributed by atoms with Crippen molar-refractivity contribution >= 4 is 48.9 Å². The third kappa shape index (κ3) is 3.03. The minimum absolute atomic E-state index is 0.0184. The first-order chi connectivity index (χ1) is 11.7. The van der Waals surface area contributed by atoms with Crippen LogP contribution in [0.1, 0.15) is 32.6 Å². The van der Waals surface area contributed by atoms with E-state index in [1.807, 2.05) is 0 Å². The van der Waals surface area contributed by atoms with Gasteiger partial charge in [0, 0.05) is 0 Å². The zero-order valence-corrected chi connectivity index (χ0v) is 17.6. The van der Waals surface area contributed by atoms with Gasteiger partial charge in [-0.05, 0) is 0 Å². The fourth-order valence-electron chi connectivity index (χ4n) is 3.21. The van der Waals surface area contributed by atoms with Crippen LogP contribution in [0.15, 0.2) is 0 Å². The number of carbonyl (C=O) groups is 1. The Labute approximate surface area is 166 Å². The van der Waals surface area contributed by atoms with Crippen LogP contribution in [0.25, 0.3) is 0 Å². The van der Waals surface area contributed by atoms with Crippen molar-refractivity contribution in [2.45, 2.75) is 63.8 Å². The van der Waals surface area contributed by atoms with Gasteiger partial charge < -0.3 is 0 Å². The Kier molecular flexibility index (Phi) is 5.03. The van der Waals surface area contributed by atoms with Crippen molar-refractivity contribution in [2.75, 3.05) is 0 Å². The van der Waals surface area contributed by atoms with Crippen LogP contribution in [0, 0.1) is 5.92 Å². The molecule has 0 spiro atoms. The van der Waals surface area contributed by atoms with E-state index < -0.39 is 63.4 Å². The summed E-state index contributed by atoms with van der Waals surface area (Å²) in [4.78, 5) is 12.5. The van der Waals surface area contributed by atoms with E-state index in [1.54, 1.807) is 22.6 Å². The Morgan fingerprint density at radius 3 is 1.96 bits per heavy atom. The van der Waals surface area contributed by atoms with Crippen LogP contribution in [-0.4, -0.2) is 42.2 Å². The van der Waals surface area contributed by atoms with E-state index in [1.165, 1.54) is 6.92 Å². The van der Waals surface area contributed by atoms with Crippen molar-refractivity contribution < 1.29 is 41.0 Å². The Morgan fingerprint density at radius 1 is 1.19 bits per heavy atom. The summed E-state index contributed by atoms with van der Waals surface area (Å²) in [5.41, 5.74) is -5.11. The topological polar surface area (TPSA) is 90.4 Å². The standard InChI is InChI=1S/C13H16F6I2N2O3/c1-9(20,13-21(22-13)23-13)8(24)26-7(6-4-2-3-5-6)10(25,11(14,15)16)12(17,18)19/h6-7,22-23,25H,2-5H2,1H3. The molecule has 2 aliphatic heterocycles. The minimum atomic E-state index is -6.03. The Hall–Kier alpha value is 0.390. The predicted octanol–water partition coefficient (Wildman–Crippen LogP) is 3.33. The number of hydrogen-bond donors (Lipinski definition) is 3. The van der Waals surface area contributed by atoms with E-state index in [2.05, 4.69) is 7.06 Å². The summed E-state index contributed by atoms with van der Waals surface area (Å²) >= 11 is -0.0297. The van der Waals surface area contributed by atoms with Gasteiger partial charge in [-0.2, -0.15) is 0 Å². The number of aliphatic hydroxyl groups is 1. The van der Waals surface area contributed by atoms with Gasteiger partial charge >= 0.3 is 167 Å². The summed E-state index contributed by atoms with van der Waals surface area (Å²) in [6, 6.07) is 0. The quantitative estimate of drug-likeness (QED) is 0.0840. The molecule has 152 valence electrons. The van der Waals surface area contributed by atoms with Crippen LogP contribution >= 0.6 is 43.0 Å². The van der Waals surface area contributed by atoms with Crippen LogP contribution < -0.4 is 7.06 Å². The number of rotatable bonds is 5. The van der Waals surface area contributed by atoms with Gasteiger partial charge in [0.15, 0.2) is 0 Å². The molecule has 3 N–H and O–H groups in total. The van der Waals surface area contributed by atoms with Crippen molar-refractivity contribution in [2.24, 2.45) is 5.92 Å². The molecule has 1 saturated carbocycles. The first-order valence-electron chi connectivity index (χ1n) is 7.70. The molecular weight excluding hydrogens is 600 g/mol. The fourth-order valence-corrected chi connectivity index (χ4v) is 11.0. The van der Waals surface area contributed by atoms with Gasteiger partial charge in [-0.1, -0.05) is 0 Å². The zero-order chi connectivity index (χ0) is 19.8. The molecule has 2 atom stereocenters. The van der Waals surface area contributed by atoms with Gasteiger partial charge in [-0.15, -0.1) is 0 Å². The molecule has 0 radical (unpaired) electrons. The van der Waals surface area contributed by atoms with Gasteiger partial charge in [-0.3, -0.25) is 0 Å². The number of hydrogen-bond acceptors (Lipinski definition) is 5. The first kappa shape index (κ1) is 21.1. The van der Waals surface area contributed by atoms with E-state index in [0.717, 1.165) is 0 Å². The van der Waals surface area contributed by atoms with E-state index in [0.29, 0.717) is 12.8 Å². The molecule has 3 fully saturated rings. The van der Waals surface area contributed by atoms with Gasteiger partial charge in [-0.25, -0.2) is 0 Å². The number of fused-ring (bicyclic) bond motifs is 1. The average Bonchev–Trinajstić information content (AvgIpc) is 3.28. The maximum absolute atomic E-state index is 13.3. The second-order valence-electron chi connectivity index (χ2n) is 6.77. The van der Waals surface area contributed by atoms with E-state index >= 15 is 0 Å². The average molecular weight is 616 g/mol. The normalized spacial score (nSPS) is 27.5. The molecule has 3 aliphatic rings. The summed E-state index contributed by atoms with van der Waals surface area (Å²) in [6.45, 7) is 1.40. The first-order valence-corrected chi connectivity index (χ1v) is 12.0. The SMILES string of the molecule is CC(I)(C(=O)OC(C1CCCC1)C(O)(C(F)(F)F)C(F)(F)F)C12NI1N2. The molecule has 1 aliphatic carbocycles. The molecule has 0 bridgehead atoms. The van der Waals surface area contributed by atoms with Crippen molar-refractivity contribution in [3.05, 3.63) is 0 Å². The molecule has 0 amide bonds. The molecular formula is C13H16F6I2N2O3. The number of nitrogens with one attached hydrogen (secondary N) is 2. The Bertz CT molecular complexity index is 586. The molecule has 2 heterocycles. The third-order valence-corrected chi connectivity index (χ3v) is 12.2. The predicted molar refractivity (Wildman–Crippen MR) is 94.3 cm³/mol. The monoisotopic (exact) mass is 616 g/mol. The van der Waals surface area contributed by atoms with Gasteiger partial charge in [0.2, 0.25) is 0 Å². The summed E-state index contributed by atoms with van der Waals surface area (Å²) in [5, 5.41) is 9.80. The van der Waals surface area contributed by atoms with Crippen molar-refractivity contribution in [3.8, 4) is 0 Å². The number of ether oxygens (including phenoxy) is 1. The second kappa shape index (κ2) is 6.19. The molecule has 0 aromatic carbocycles. The van der Waals surface area contributed by atoms with Gasteiger partial charge in [0.25, 0.3) is 0 Å². The zero-order valence-electron chi connectivity index (χ0n) is 13.3. The van der Waals surface area contributed by atoms with Crippen LogP contribution in [0.5, 0.6) is 0 Å². The van der Waals surface area contributed by atoms with Gasteiger partial charge in [0.05, 0.1) is 0 Å². The molecule has 0 aromatic rings. The van der Waals surface area contributed by atoms with Crippen LogP contribution in [0.4, 0.5) is 26.3 Å². The molecule has 5 nitrogen and oxygen atoms in total. The fraction of sp³-hybridized carbons (Fsp3) is 0.923. The second-order valence-corrected chi connectivity index (χ2v) is 13.2. The molecule has 2 saturated heterocycles. The molecule has 26 heavy (non-hydrogen) atoms. The number of carbonyl (C=O) groups excluding carboxylic acids is 1. The number of esters is 1. The van der Waals surface area contributed by atoms with Crippen LogP contribution in [-0.2, 0) is 9.53 Å². The maximum atomic E-state index is 13.3. The van der Waals surface area contributed by atoms with E-state index in [-0.39, 0.29) is 12.8 Å². The van der Waals surface area contributed by atoms with Crippen LogP contribution in [0.3, 0.4) is 0 Å². The van der Waals surface area contributed by atoms with Crippen LogP contribution in [0.2, 0.25) is 0 Å². The summed E-state index contributed by atoms with van der Waals surface area (Å²) in [6.07, 6.45) is -13.9. The Balaban J connectivity index is 1.93. The molecule has 0 aromatic heterocycles. The summed E-state index contributed by atoms with van der Waals surface area (Å²) < 4.78 is 88.7. The molecule has 2 unspecified atom stereocenters. The summed E-state index contributed by atoms with van der Waals surface area (Å²) in [7, 11) is 0.